The molecule has 1 fully saturated rings. The lowest BCUT2D eigenvalue weighted by Gasteiger charge is -2.30. The number of esters is 1. The highest BCUT2D eigenvalue weighted by atomic mass is 16.5. The molecule has 1 unspecified atom stereocenters. The van der Waals surface area contributed by atoms with Crippen LogP contribution in [0.5, 0.6) is 0 Å². The maximum absolute atomic E-state index is 11.2. The van der Waals surface area contributed by atoms with Gasteiger partial charge in [-0.05, 0) is 32.2 Å². The van der Waals surface area contributed by atoms with Gasteiger partial charge in [-0.15, -0.1) is 0 Å². The summed E-state index contributed by atoms with van der Waals surface area (Å²) in [6.07, 6.45) is 2.13. The molecule has 0 aromatic carbocycles. The third-order valence-electron chi connectivity index (χ3n) is 2.52. The molecule has 1 atom stereocenters. The van der Waals surface area contributed by atoms with E-state index in [0.29, 0.717) is 19.1 Å². The monoisotopic (exact) mass is 201 g/mol. The molecule has 0 aliphatic carbocycles. The standard InChI is InChI=1S/C10H19NO3/c1-2-14-10(13)7-11-5-3-4-9(6-11)8-12/h9,12H,2-8H2,1H3. The van der Waals surface area contributed by atoms with E-state index in [0.717, 1.165) is 25.9 Å². The van der Waals surface area contributed by atoms with Gasteiger partial charge in [-0.25, -0.2) is 0 Å². The Morgan fingerprint density at radius 3 is 3.07 bits per heavy atom. The van der Waals surface area contributed by atoms with Crippen molar-refractivity contribution in [1.29, 1.82) is 0 Å². The SMILES string of the molecule is CCOC(=O)CN1CCCC(CO)C1. The van der Waals surface area contributed by atoms with Crippen LogP contribution >= 0.6 is 0 Å². The second kappa shape index (κ2) is 5.98. The molecule has 4 nitrogen and oxygen atoms in total. The molecule has 0 radical (unpaired) electrons. The van der Waals surface area contributed by atoms with Crippen molar-refractivity contribution in [3.63, 3.8) is 0 Å². The number of rotatable bonds is 4. The van der Waals surface area contributed by atoms with Crippen LogP contribution in [0.25, 0.3) is 0 Å². The number of carbonyl (C=O) groups is 1. The predicted octanol–water partition coefficient (Wildman–Crippen LogP) is 0.254. The normalized spacial score (nSPS) is 23.4. The molecular formula is C10H19NO3. The summed E-state index contributed by atoms with van der Waals surface area (Å²) in [4.78, 5) is 13.2. The fourth-order valence-electron chi connectivity index (χ4n) is 1.83. The highest BCUT2D eigenvalue weighted by Gasteiger charge is 2.21. The second-order valence-electron chi connectivity index (χ2n) is 3.73. The zero-order chi connectivity index (χ0) is 10.4. The van der Waals surface area contributed by atoms with Crippen molar-refractivity contribution in [3.8, 4) is 0 Å². The molecule has 0 amide bonds. The number of piperidine rings is 1. The average Bonchev–Trinajstić information content (AvgIpc) is 2.18. The molecule has 1 rings (SSSR count). The predicted molar refractivity (Wildman–Crippen MR) is 52.9 cm³/mol. The van der Waals surface area contributed by atoms with Crippen LogP contribution in [0.3, 0.4) is 0 Å². The van der Waals surface area contributed by atoms with Crippen molar-refractivity contribution in [1.82, 2.24) is 4.90 Å². The Labute approximate surface area is 84.8 Å². The van der Waals surface area contributed by atoms with E-state index in [-0.39, 0.29) is 12.6 Å². The minimum atomic E-state index is -0.161. The highest BCUT2D eigenvalue weighted by Crippen LogP contribution is 2.15. The van der Waals surface area contributed by atoms with E-state index in [1.54, 1.807) is 0 Å². The Hall–Kier alpha value is -0.610. The van der Waals surface area contributed by atoms with E-state index < -0.39 is 0 Å². The summed E-state index contributed by atoms with van der Waals surface area (Å²) in [6, 6.07) is 0. The first kappa shape index (κ1) is 11.5. The molecule has 0 bridgehead atoms. The molecule has 1 heterocycles. The minimum Gasteiger partial charge on any atom is -0.465 e. The van der Waals surface area contributed by atoms with Gasteiger partial charge in [0.1, 0.15) is 0 Å². The molecule has 0 spiro atoms. The molecule has 4 heteroatoms. The Morgan fingerprint density at radius 2 is 2.43 bits per heavy atom. The van der Waals surface area contributed by atoms with Gasteiger partial charge in [0.05, 0.1) is 13.2 Å². The smallest absolute Gasteiger partial charge is 0.320 e. The van der Waals surface area contributed by atoms with E-state index in [9.17, 15) is 4.79 Å². The first-order valence-electron chi connectivity index (χ1n) is 5.25. The summed E-state index contributed by atoms with van der Waals surface area (Å²) in [6.45, 7) is 4.59. The summed E-state index contributed by atoms with van der Waals surface area (Å²) >= 11 is 0. The van der Waals surface area contributed by atoms with Gasteiger partial charge in [0.15, 0.2) is 0 Å². The van der Waals surface area contributed by atoms with Crippen molar-refractivity contribution >= 4 is 5.97 Å². The average molecular weight is 201 g/mol. The Bertz CT molecular complexity index is 184. The largest absolute Gasteiger partial charge is 0.465 e. The Balaban J connectivity index is 2.26. The molecule has 82 valence electrons. The van der Waals surface area contributed by atoms with E-state index >= 15 is 0 Å². The molecule has 1 N–H and O–H groups in total. The summed E-state index contributed by atoms with van der Waals surface area (Å²) < 4.78 is 4.87. The van der Waals surface area contributed by atoms with Crippen LogP contribution < -0.4 is 0 Å². The number of ether oxygens (including phenoxy) is 1. The number of hydrogen-bond acceptors (Lipinski definition) is 4. The van der Waals surface area contributed by atoms with Crippen molar-refractivity contribution in [3.05, 3.63) is 0 Å². The van der Waals surface area contributed by atoms with E-state index in [1.165, 1.54) is 0 Å². The summed E-state index contributed by atoms with van der Waals surface area (Å²) in [7, 11) is 0. The van der Waals surface area contributed by atoms with Crippen LogP contribution in [-0.2, 0) is 9.53 Å². The molecule has 0 saturated carbocycles. The summed E-state index contributed by atoms with van der Waals surface area (Å²) in [5.74, 6) is 0.171. The summed E-state index contributed by atoms with van der Waals surface area (Å²) in [5.41, 5.74) is 0. The van der Waals surface area contributed by atoms with E-state index in [1.807, 2.05) is 6.92 Å². The van der Waals surface area contributed by atoms with Crippen LogP contribution in [0.15, 0.2) is 0 Å². The maximum Gasteiger partial charge on any atom is 0.320 e. The fraction of sp³-hybridized carbons (Fsp3) is 0.900. The topological polar surface area (TPSA) is 49.8 Å². The Kier molecular flexibility index (Phi) is 4.90. The van der Waals surface area contributed by atoms with Crippen LogP contribution in [-0.4, -0.2) is 48.8 Å². The lowest BCUT2D eigenvalue weighted by Crippen LogP contribution is -2.40. The van der Waals surface area contributed by atoms with Crippen LogP contribution in [0.4, 0.5) is 0 Å². The van der Waals surface area contributed by atoms with Gasteiger partial charge in [-0.3, -0.25) is 9.69 Å². The third kappa shape index (κ3) is 3.64. The highest BCUT2D eigenvalue weighted by molar-refractivity contribution is 5.71. The minimum absolute atomic E-state index is 0.161. The number of nitrogens with zero attached hydrogens (tertiary/aromatic N) is 1. The number of carbonyl (C=O) groups excluding carboxylic acids is 1. The molecule has 1 aliphatic rings. The first-order chi connectivity index (χ1) is 6.76. The van der Waals surface area contributed by atoms with Crippen molar-refractivity contribution in [2.45, 2.75) is 19.8 Å². The van der Waals surface area contributed by atoms with E-state index in [2.05, 4.69) is 4.90 Å². The first-order valence-corrected chi connectivity index (χ1v) is 5.25. The van der Waals surface area contributed by atoms with Crippen molar-refractivity contribution in [2.24, 2.45) is 5.92 Å². The maximum atomic E-state index is 11.2. The zero-order valence-corrected chi connectivity index (χ0v) is 8.74. The number of likely N-dealkylation sites (tertiary alicyclic amines) is 1. The second-order valence-corrected chi connectivity index (χ2v) is 3.73. The molecule has 0 aromatic heterocycles. The number of aliphatic hydroxyl groups excluding tert-OH is 1. The molecule has 1 aliphatic heterocycles. The Morgan fingerprint density at radius 1 is 1.64 bits per heavy atom. The van der Waals surface area contributed by atoms with Gasteiger partial charge in [0, 0.05) is 13.2 Å². The zero-order valence-electron chi connectivity index (χ0n) is 8.74. The van der Waals surface area contributed by atoms with Crippen LogP contribution in [0, 0.1) is 5.92 Å². The number of hydrogen-bond donors (Lipinski definition) is 1. The van der Waals surface area contributed by atoms with Crippen LogP contribution in [0.1, 0.15) is 19.8 Å². The van der Waals surface area contributed by atoms with Gasteiger partial charge < -0.3 is 9.84 Å². The van der Waals surface area contributed by atoms with Gasteiger partial charge in [-0.2, -0.15) is 0 Å². The van der Waals surface area contributed by atoms with Crippen molar-refractivity contribution < 1.29 is 14.6 Å². The molecule has 14 heavy (non-hydrogen) atoms. The molecular weight excluding hydrogens is 182 g/mol. The third-order valence-corrected chi connectivity index (χ3v) is 2.52. The van der Waals surface area contributed by atoms with Gasteiger partial charge >= 0.3 is 5.97 Å². The van der Waals surface area contributed by atoms with Crippen molar-refractivity contribution in [2.75, 3.05) is 32.8 Å². The number of aliphatic hydroxyl groups is 1. The molecule has 0 aromatic rings. The van der Waals surface area contributed by atoms with Gasteiger partial charge in [-0.1, -0.05) is 0 Å². The van der Waals surface area contributed by atoms with Crippen LogP contribution in [0.2, 0.25) is 0 Å². The quantitative estimate of drug-likeness (QED) is 0.663. The fourth-order valence-corrected chi connectivity index (χ4v) is 1.83. The lowest BCUT2D eigenvalue weighted by molar-refractivity contribution is -0.144. The summed E-state index contributed by atoms with van der Waals surface area (Å²) in [5, 5.41) is 9.00. The lowest BCUT2D eigenvalue weighted by atomic mass is 9.99. The van der Waals surface area contributed by atoms with Gasteiger partial charge in [0.2, 0.25) is 0 Å². The van der Waals surface area contributed by atoms with Gasteiger partial charge in [0.25, 0.3) is 0 Å². The van der Waals surface area contributed by atoms with E-state index in [4.69, 9.17) is 9.84 Å². The molecule has 1 saturated heterocycles.